The first-order valence-corrected chi connectivity index (χ1v) is 6.85. The SMILES string of the molecule is CCC(N)Cc1cc(C)ccc1OCc1nc(C)no1. The van der Waals surface area contributed by atoms with Crippen LogP contribution in [0.4, 0.5) is 0 Å². The maximum atomic E-state index is 6.04. The Morgan fingerprint density at radius 1 is 1.35 bits per heavy atom. The van der Waals surface area contributed by atoms with Crippen LogP contribution < -0.4 is 10.5 Å². The molecular formula is C15H21N3O2. The molecular weight excluding hydrogens is 254 g/mol. The van der Waals surface area contributed by atoms with E-state index in [1.807, 2.05) is 12.1 Å². The smallest absolute Gasteiger partial charge is 0.264 e. The first-order chi connectivity index (χ1) is 9.58. The molecule has 5 nitrogen and oxygen atoms in total. The molecule has 0 saturated heterocycles. The first kappa shape index (κ1) is 14.5. The minimum absolute atomic E-state index is 0.143. The Bertz CT molecular complexity index is 566. The van der Waals surface area contributed by atoms with E-state index in [1.54, 1.807) is 6.92 Å². The number of hydrogen-bond donors (Lipinski definition) is 1. The van der Waals surface area contributed by atoms with Crippen LogP contribution in [0.1, 0.15) is 36.2 Å². The van der Waals surface area contributed by atoms with E-state index in [-0.39, 0.29) is 12.6 Å². The van der Waals surface area contributed by atoms with Crippen molar-refractivity contribution in [2.45, 2.75) is 46.3 Å². The van der Waals surface area contributed by atoms with Crippen molar-refractivity contribution < 1.29 is 9.26 Å². The summed E-state index contributed by atoms with van der Waals surface area (Å²) in [5.74, 6) is 1.92. The monoisotopic (exact) mass is 275 g/mol. The fourth-order valence-electron chi connectivity index (χ4n) is 1.97. The number of nitrogens with two attached hydrogens (primary N) is 1. The molecule has 2 N–H and O–H groups in total. The highest BCUT2D eigenvalue weighted by atomic mass is 16.5. The van der Waals surface area contributed by atoms with Crippen molar-refractivity contribution in [1.82, 2.24) is 10.1 Å². The van der Waals surface area contributed by atoms with Gasteiger partial charge in [0.1, 0.15) is 5.75 Å². The van der Waals surface area contributed by atoms with Crippen LogP contribution in [0.25, 0.3) is 0 Å². The summed E-state index contributed by atoms with van der Waals surface area (Å²) in [5, 5.41) is 3.74. The van der Waals surface area contributed by atoms with Gasteiger partial charge >= 0.3 is 0 Å². The van der Waals surface area contributed by atoms with Gasteiger partial charge in [0.2, 0.25) is 0 Å². The van der Waals surface area contributed by atoms with Gasteiger partial charge in [-0.05, 0) is 38.3 Å². The van der Waals surface area contributed by atoms with E-state index in [0.717, 1.165) is 24.2 Å². The van der Waals surface area contributed by atoms with Crippen LogP contribution in [0.5, 0.6) is 5.75 Å². The zero-order valence-corrected chi connectivity index (χ0v) is 12.2. The lowest BCUT2D eigenvalue weighted by atomic mass is 10.0. The first-order valence-electron chi connectivity index (χ1n) is 6.85. The van der Waals surface area contributed by atoms with Crippen molar-refractivity contribution in [3.8, 4) is 5.75 Å². The highest BCUT2D eigenvalue weighted by Gasteiger charge is 2.10. The molecule has 1 atom stereocenters. The van der Waals surface area contributed by atoms with E-state index < -0.39 is 0 Å². The zero-order chi connectivity index (χ0) is 14.5. The number of aryl methyl sites for hydroxylation is 2. The van der Waals surface area contributed by atoms with E-state index in [4.69, 9.17) is 15.0 Å². The van der Waals surface area contributed by atoms with E-state index >= 15 is 0 Å². The molecule has 20 heavy (non-hydrogen) atoms. The van der Waals surface area contributed by atoms with Gasteiger partial charge in [-0.15, -0.1) is 0 Å². The average Bonchev–Trinajstić information content (AvgIpc) is 2.83. The van der Waals surface area contributed by atoms with Crippen molar-refractivity contribution in [3.63, 3.8) is 0 Å². The van der Waals surface area contributed by atoms with Gasteiger partial charge in [-0.3, -0.25) is 0 Å². The Hall–Kier alpha value is -1.88. The van der Waals surface area contributed by atoms with Crippen LogP contribution in [0.2, 0.25) is 0 Å². The highest BCUT2D eigenvalue weighted by molar-refractivity contribution is 5.37. The summed E-state index contributed by atoms with van der Waals surface area (Å²) in [6, 6.07) is 6.25. The molecule has 108 valence electrons. The Morgan fingerprint density at radius 2 is 2.15 bits per heavy atom. The highest BCUT2D eigenvalue weighted by Crippen LogP contribution is 2.22. The molecule has 5 heteroatoms. The lowest BCUT2D eigenvalue weighted by Gasteiger charge is -2.14. The van der Waals surface area contributed by atoms with Crippen molar-refractivity contribution in [1.29, 1.82) is 0 Å². The minimum atomic E-state index is 0.143. The van der Waals surface area contributed by atoms with Crippen molar-refractivity contribution in [2.75, 3.05) is 0 Å². The normalized spacial score (nSPS) is 12.4. The topological polar surface area (TPSA) is 74.2 Å². The number of hydrogen-bond acceptors (Lipinski definition) is 5. The maximum Gasteiger partial charge on any atom is 0.264 e. The quantitative estimate of drug-likeness (QED) is 0.877. The third-order valence-corrected chi connectivity index (χ3v) is 3.14. The molecule has 0 aliphatic carbocycles. The van der Waals surface area contributed by atoms with Gasteiger partial charge in [0, 0.05) is 6.04 Å². The van der Waals surface area contributed by atoms with Gasteiger partial charge in [0.25, 0.3) is 5.89 Å². The summed E-state index contributed by atoms with van der Waals surface area (Å²) < 4.78 is 10.8. The molecule has 0 radical (unpaired) electrons. The second-order valence-corrected chi connectivity index (χ2v) is 5.01. The molecule has 0 spiro atoms. The number of nitrogens with zero attached hydrogens (tertiary/aromatic N) is 2. The molecule has 1 unspecified atom stereocenters. The Morgan fingerprint density at radius 3 is 2.80 bits per heavy atom. The van der Waals surface area contributed by atoms with Crippen LogP contribution in [-0.4, -0.2) is 16.2 Å². The van der Waals surface area contributed by atoms with Crippen molar-refractivity contribution in [2.24, 2.45) is 5.73 Å². The molecule has 0 bridgehead atoms. The Balaban J connectivity index is 2.09. The summed E-state index contributed by atoms with van der Waals surface area (Å²) in [5.41, 5.74) is 8.36. The summed E-state index contributed by atoms with van der Waals surface area (Å²) in [6.45, 7) is 6.21. The van der Waals surface area contributed by atoms with Gasteiger partial charge in [0.05, 0.1) is 0 Å². The minimum Gasteiger partial charge on any atom is -0.483 e. The van der Waals surface area contributed by atoms with Gasteiger partial charge in [-0.2, -0.15) is 4.98 Å². The predicted octanol–water partition coefficient (Wildman–Crippen LogP) is 2.55. The number of rotatable bonds is 6. The van der Waals surface area contributed by atoms with Crippen LogP contribution in [0.15, 0.2) is 22.7 Å². The molecule has 0 aliphatic rings. The number of ether oxygens (including phenoxy) is 1. The summed E-state index contributed by atoms with van der Waals surface area (Å²) in [6.07, 6.45) is 1.74. The fourth-order valence-corrected chi connectivity index (χ4v) is 1.97. The van der Waals surface area contributed by atoms with Gasteiger partial charge in [-0.25, -0.2) is 0 Å². The fraction of sp³-hybridized carbons (Fsp3) is 0.467. The summed E-state index contributed by atoms with van der Waals surface area (Å²) in [4.78, 5) is 4.12. The van der Waals surface area contributed by atoms with Crippen LogP contribution in [0, 0.1) is 13.8 Å². The van der Waals surface area contributed by atoms with Crippen LogP contribution in [-0.2, 0) is 13.0 Å². The third-order valence-electron chi connectivity index (χ3n) is 3.14. The van der Waals surface area contributed by atoms with Crippen LogP contribution >= 0.6 is 0 Å². The van der Waals surface area contributed by atoms with Gasteiger partial charge in [0.15, 0.2) is 12.4 Å². The molecule has 2 rings (SSSR count). The summed E-state index contributed by atoms with van der Waals surface area (Å²) >= 11 is 0. The molecule has 1 heterocycles. The van der Waals surface area contributed by atoms with Crippen molar-refractivity contribution >= 4 is 0 Å². The van der Waals surface area contributed by atoms with E-state index in [9.17, 15) is 0 Å². The molecule has 0 saturated carbocycles. The van der Waals surface area contributed by atoms with E-state index in [2.05, 4.69) is 30.1 Å². The van der Waals surface area contributed by atoms with Gasteiger partial charge in [-0.1, -0.05) is 29.8 Å². The molecule has 2 aromatic rings. The average molecular weight is 275 g/mol. The molecule has 0 amide bonds. The largest absolute Gasteiger partial charge is 0.483 e. The van der Waals surface area contributed by atoms with Crippen LogP contribution in [0.3, 0.4) is 0 Å². The molecule has 1 aromatic carbocycles. The molecule has 1 aromatic heterocycles. The maximum absolute atomic E-state index is 6.04. The second kappa shape index (κ2) is 6.52. The predicted molar refractivity (Wildman–Crippen MR) is 76.5 cm³/mol. The lowest BCUT2D eigenvalue weighted by molar-refractivity contribution is 0.240. The Kier molecular flexibility index (Phi) is 4.74. The van der Waals surface area contributed by atoms with Crippen molar-refractivity contribution in [3.05, 3.63) is 41.0 Å². The second-order valence-electron chi connectivity index (χ2n) is 5.01. The standard InChI is InChI=1S/C15H21N3O2/c1-4-13(16)8-12-7-10(2)5-6-14(12)19-9-15-17-11(3)18-20-15/h5-7,13H,4,8-9,16H2,1-3H3. The third kappa shape index (κ3) is 3.81. The van der Waals surface area contributed by atoms with E-state index in [0.29, 0.717) is 11.7 Å². The van der Waals surface area contributed by atoms with E-state index in [1.165, 1.54) is 5.56 Å². The molecule has 0 aliphatic heterocycles. The number of benzene rings is 1. The Labute approximate surface area is 119 Å². The summed E-state index contributed by atoms with van der Waals surface area (Å²) in [7, 11) is 0. The zero-order valence-electron chi connectivity index (χ0n) is 12.2. The lowest BCUT2D eigenvalue weighted by Crippen LogP contribution is -2.21. The molecule has 0 fully saturated rings. The van der Waals surface area contributed by atoms with Gasteiger partial charge < -0.3 is 15.0 Å². The number of aromatic nitrogens is 2.